The second-order valence-corrected chi connectivity index (χ2v) is 7.94. The molecule has 1 saturated heterocycles. The average Bonchev–Trinajstić information content (AvgIpc) is 3.47. The molecule has 1 unspecified atom stereocenters. The highest BCUT2D eigenvalue weighted by Gasteiger charge is 2.43. The van der Waals surface area contributed by atoms with Crippen LogP contribution in [0.4, 0.5) is 0 Å². The molecule has 2 aromatic carbocycles. The van der Waals surface area contributed by atoms with Crippen LogP contribution in [0.5, 0.6) is 11.5 Å². The fourth-order valence-electron chi connectivity index (χ4n) is 4.31. The fourth-order valence-corrected chi connectivity index (χ4v) is 4.31. The van der Waals surface area contributed by atoms with Gasteiger partial charge in [0.25, 0.3) is 0 Å². The molecule has 1 N–H and O–H groups in total. The number of ether oxygens (including phenoxy) is 3. The number of fused-ring (bicyclic) bond motifs is 1. The maximum atomic E-state index is 9.15. The third-order valence-electron chi connectivity index (χ3n) is 5.84. The van der Waals surface area contributed by atoms with E-state index >= 15 is 0 Å². The number of oxime groups is 1. The van der Waals surface area contributed by atoms with Crippen LogP contribution in [-0.2, 0) is 22.4 Å². The van der Waals surface area contributed by atoms with Crippen LogP contribution < -0.4 is 9.47 Å². The molecule has 0 saturated carbocycles. The Kier molecular flexibility index (Phi) is 4.89. The Labute approximate surface area is 170 Å². The van der Waals surface area contributed by atoms with E-state index in [4.69, 9.17) is 24.2 Å². The van der Waals surface area contributed by atoms with Crippen molar-refractivity contribution < 1.29 is 24.2 Å². The molecule has 0 radical (unpaired) electrons. The van der Waals surface area contributed by atoms with Gasteiger partial charge >= 0.3 is 0 Å². The second kappa shape index (κ2) is 7.69. The number of hydrogen-bond donors (Lipinski definition) is 1. The van der Waals surface area contributed by atoms with E-state index in [1.165, 1.54) is 11.1 Å². The third kappa shape index (κ3) is 3.70. The molecule has 2 aliphatic heterocycles. The van der Waals surface area contributed by atoms with Gasteiger partial charge in [0.05, 0.1) is 25.5 Å². The van der Waals surface area contributed by atoms with Gasteiger partial charge < -0.3 is 24.2 Å². The first kappa shape index (κ1) is 18.5. The lowest BCUT2D eigenvalue weighted by atomic mass is 9.93. The van der Waals surface area contributed by atoms with E-state index < -0.39 is 0 Å². The lowest BCUT2D eigenvalue weighted by Gasteiger charge is -2.19. The van der Waals surface area contributed by atoms with E-state index in [0.29, 0.717) is 24.7 Å². The van der Waals surface area contributed by atoms with Crippen molar-refractivity contribution in [2.45, 2.75) is 37.4 Å². The van der Waals surface area contributed by atoms with E-state index in [0.717, 1.165) is 37.0 Å². The Morgan fingerprint density at radius 3 is 2.66 bits per heavy atom. The van der Waals surface area contributed by atoms with E-state index in [2.05, 4.69) is 29.4 Å². The van der Waals surface area contributed by atoms with Crippen molar-refractivity contribution in [3.8, 4) is 11.5 Å². The highest BCUT2D eigenvalue weighted by Crippen LogP contribution is 2.37. The van der Waals surface area contributed by atoms with Crippen LogP contribution in [-0.4, -0.2) is 49.0 Å². The van der Waals surface area contributed by atoms with Gasteiger partial charge in [0.15, 0.2) is 17.1 Å². The van der Waals surface area contributed by atoms with Gasteiger partial charge in [-0.2, -0.15) is 0 Å². The van der Waals surface area contributed by atoms with E-state index in [-0.39, 0.29) is 24.9 Å². The summed E-state index contributed by atoms with van der Waals surface area (Å²) in [5.41, 5.74) is 4.24. The molecular formula is C23H25NO5. The quantitative estimate of drug-likeness (QED) is 0.815. The van der Waals surface area contributed by atoms with Crippen molar-refractivity contribution in [3.63, 3.8) is 0 Å². The minimum Gasteiger partial charge on any atom is -0.487 e. The molecule has 2 aromatic rings. The maximum absolute atomic E-state index is 9.15. The molecular weight excluding hydrogens is 370 g/mol. The van der Waals surface area contributed by atoms with E-state index in [1.807, 2.05) is 18.2 Å². The van der Waals surface area contributed by atoms with Gasteiger partial charge in [0.1, 0.15) is 12.7 Å². The standard InChI is InChI=1S/C23H25NO5/c25-8-10-27-21-6-5-18(20-14-23(29-24-20)7-9-26-15-23)13-22(21)28-19-11-16-3-1-2-4-17(16)12-19/h1-6,13,19,25H,7-12,14-15H2. The normalized spacial score (nSPS) is 23.1. The number of nitrogens with zero attached hydrogens (tertiary/aromatic N) is 1. The van der Waals surface area contributed by atoms with Crippen molar-refractivity contribution >= 4 is 5.71 Å². The lowest BCUT2D eigenvalue weighted by molar-refractivity contribution is -0.0237. The number of hydrogen-bond acceptors (Lipinski definition) is 6. The Morgan fingerprint density at radius 1 is 1.10 bits per heavy atom. The summed E-state index contributed by atoms with van der Waals surface area (Å²) < 4.78 is 17.6. The molecule has 2 heterocycles. The zero-order valence-corrected chi connectivity index (χ0v) is 16.3. The minimum absolute atomic E-state index is 0.0425. The molecule has 6 heteroatoms. The van der Waals surface area contributed by atoms with Crippen LogP contribution in [0.1, 0.15) is 29.5 Å². The molecule has 6 nitrogen and oxygen atoms in total. The Bertz CT molecular complexity index is 894. The van der Waals surface area contributed by atoms with E-state index in [1.54, 1.807) is 0 Å². The highest BCUT2D eigenvalue weighted by molar-refractivity contribution is 6.02. The molecule has 1 spiro atoms. The summed E-state index contributed by atoms with van der Waals surface area (Å²) in [4.78, 5) is 5.74. The SMILES string of the molecule is OCCOc1ccc(C2=NOC3(CCOC3)C2)cc1OC1Cc2ccccc2C1. The molecule has 3 aliphatic rings. The van der Waals surface area contributed by atoms with Crippen molar-refractivity contribution in [1.82, 2.24) is 0 Å². The summed E-state index contributed by atoms with van der Waals surface area (Å²) in [6.45, 7) is 1.49. The summed E-state index contributed by atoms with van der Waals surface area (Å²) in [6.07, 6.45) is 3.42. The van der Waals surface area contributed by atoms with Gasteiger partial charge in [-0.25, -0.2) is 0 Å². The molecule has 1 atom stereocenters. The van der Waals surface area contributed by atoms with Crippen molar-refractivity contribution in [2.75, 3.05) is 26.4 Å². The first-order valence-electron chi connectivity index (χ1n) is 10.2. The first-order chi connectivity index (χ1) is 14.2. The summed E-state index contributed by atoms with van der Waals surface area (Å²) in [7, 11) is 0. The number of aliphatic hydroxyl groups excluding tert-OH is 1. The van der Waals surface area contributed by atoms with Crippen LogP contribution in [0.2, 0.25) is 0 Å². The van der Waals surface area contributed by atoms with Gasteiger partial charge in [0, 0.05) is 31.2 Å². The number of benzene rings is 2. The summed E-state index contributed by atoms with van der Waals surface area (Å²) in [5.74, 6) is 1.32. The molecule has 0 aromatic heterocycles. The van der Waals surface area contributed by atoms with Gasteiger partial charge in [-0.05, 0) is 29.3 Å². The van der Waals surface area contributed by atoms with Crippen molar-refractivity contribution in [2.24, 2.45) is 5.16 Å². The predicted octanol–water partition coefficient (Wildman–Crippen LogP) is 2.89. The molecule has 0 bridgehead atoms. The average molecular weight is 395 g/mol. The molecule has 1 fully saturated rings. The Hall–Kier alpha value is -2.57. The van der Waals surface area contributed by atoms with Gasteiger partial charge in [0.2, 0.25) is 0 Å². The van der Waals surface area contributed by atoms with Crippen LogP contribution >= 0.6 is 0 Å². The van der Waals surface area contributed by atoms with Gasteiger partial charge in [-0.3, -0.25) is 0 Å². The lowest BCUT2D eigenvalue weighted by Crippen LogP contribution is -2.29. The van der Waals surface area contributed by atoms with Crippen molar-refractivity contribution in [3.05, 3.63) is 59.2 Å². The molecule has 0 amide bonds. The van der Waals surface area contributed by atoms with Crippen LogP contribution in [0.3, 0.4) is 0 Å². The molecule has 152 valence electrons. The summed E-state index contributed by atoms with van der Waals surface area (Å²) in [5, 5.41) is 13.5. The smallest absolute Gasteiger partial charge is 0.168 e. The predicted molar refractivity (Wildman–Crippen MR) is 108 cm³/mol. The van der Waals surface area contributed by atoms with Crippen LogP contribution in [0.15, 0.2) is 47.6 Å². The molecule has 1 aliphatic carbocycles. The van der Waals surface area contributed by atoms with Gasteiger partial charge in [-0.15, -0.1) is 0 Å². The summed E-state index contributed by atoms with van der Waals surface area (Å²) in [6, 6.07) is 14.3. The second-order valence-electron chi connectivity index (χ2n) is 7.94. The monoisotopic (exact) mass is 395 g/mol. The first-order valence-corrected chi connectivity index (χ1v) is 10.2. The maximum Gasteiger partial charge on any atom is 0.168 e. The third-order valence-corrected chi connectivity index (χ3v) is 5.84. The fraction of sp³-hybridized carbons (Fsp3) is 0.435. The Balaban J connectivity index is 1.37. The van der Waals surface area contributed by atoms with E-state index in [9.17, 15) is 0 Å². The van der Waals surface area contributed by atoms with Gasteiger partial charge in [-0.1, -0.05) is 29.4 Å². The van der Waals surface area contributed by atoms with Crippen LogP contribution in [0.25, 0.3) is 0 Å². The molecule has 5 rings (SSSR count). The minimum atomic E-state index is -0.310. The zero-order valence-electron chi connectivity index (χ0n) is 16.3. The topological polar surface area (TPSA) is 69.5 Å². The summed E-state index contributed by atoms with van der Waals surface area (Å²) >= 11 is 0. The number of rotatable bonds is 6. The highest BCUT2D eigenvalue weighted by atomic mass is 16.7. The van der Waals surface area contributed by atoms with Crippen LogP contribution in [0, 0.1) is 0 Å². The zero-order chi connectivity index (χ0) is 19.7. The molecule has 29 heavy (non-hydrogen) atoms. The number of aliphatic hydroxyl groups is 1. The largest absolute Gasteiger partial charge is 0.487 e. The Morgan fingerprint density at radius 2 is 1.93 bits per heavy atom. The van der Waals surface area contributed by atoms with Crippen molar-refractivity contribution in [1.29, 1.82) is 0 Å².